The van der Waals surface area contributed by atoms with Crippen LogP contribution in [0.2, 0.25) is 0 Å². The molecule has 0 aliphatic heterocycles. The molecule has 0 saturated carbocycles. The molecule has 0 saturated heterocycles. The molecule has 2 aromatic rings. The Kier molecular flexibility index (Phi) is 4.59. The molecular weight excluding hydrogens is 352 g/mol. The molecule has 10 heteroatoms. The van der Waals surface area contributed by atoms with E-state index in [2.05, 4.69) is 9.47 Å². The fourth-order valence-corrected chi connectivity index (χ4v) is 2.02. The molecule has 24 heavy (non-hydrogen) atoms. The van der Waals surface area contributed by atoms with Gasteiger partial charge in [0.1, 0.15) is 0 Å². The standard InChI is InChI=1S/C14H6F8O2/c1-23-13-9(19)5(15)3(6(16)10(13)20)4-7(17)11(21)14(24-2)12(22)8(4)18/h1-2H3. The van der Waals surface area contributed by atoms with Crippen molar-refractivity contribution >= 4 is 0 Å². The van der Waals surface area contributed by atoms with Crippen LogP contribution in [-0.2, 0) is 0 Å². The van der Waals surface area contributed by atoms with Crippen LogP contribution in [0.3, 0.4) is 0 Å². The van der Waals surface area contributed by atoms with Gasteiger partial charge in [0.05, 0.1) is 25.3 Å². The highest BCUT2D eigenvalue weighted by molar-refractivity contribution is 5.69. The van der Waals surface area contributed by atoms with Crippen LogP contribution < -0.4 is 9.47 Å². The van der Waals surface area contributed by atoms with Crippen LogP contribution in [0.15, 0.2) is 0 Å². The topological polar surface area (TPSA) is 18.5 Å². The van der Waals surface area contributed by atoms with Crippen molar-refractivity contribution in [2.75, 3.05) is 14.2 Å². The molecule has 0 atom stereocenters. The third kappa shape index (κ3) is 2.33. The van der Waals surface area contributed by atoms with Crippen molar-refractivity contribution in [1.82, 2.24) is 0 Å². The number of ether oxygens (including phenoxy) is 2. The predicted molar refractivity (Wildman–Crippen MR) is 64.6 cm³/mol. The minimum atomic E-state index is -2.30. The minimum absolute atomic E-state index is 0.675. The second kappa shape index (κ2) is 6.17. The predicted octanol–water partition coefficient (Wildman–Crippen LogP) is 4.48. The van der Waals surface area contributed by atoms with Gasteiger partial charge >= 0.3 is 0 Å². The second-order valence-corrected chi connectivity index (χ2v) is 4.33. The molecule has 0 spiro atoms. The Bertz CT molecular complexity index is 707. The first-order chi connectivity index (χ1) is 11.2. The number of halogens is 8. The first-order valence-electron chi connectivity index (χ1n) is 5.99. The molecule has 2 nitrogen and oxygen atoms in total. The normalized spacial score (nSPS) is 10.9. The first-order valence-corrected chi connectivity index (χ1v) is 5.99. The van der Waals surface area contributed by atoms with E-state index in [0.717, 1.165) is 0 Å². The highest BCUT2D eigenvalue weighted by Crippen LogP contribution is 2.41. The van der Waals surface area contributed by atoms with Crippen molar-refractivity contribution in [3.63, 3.8) is 0 Å². The lowest BCUT2D eigenvalue weighted by molar-refractivity contribution is 0.329. The summed E-state index contributed by atoms with van der Waals surface area (Å²) < 4.78 is 118. The van der Waals surface area contributed by atoms with E-state index in [-0.39, 0.29) is 0 Å². The molecule has 0 radical (unpaired) electrons. The van der Waals surface area contributed by atoms with Gasteiger partial charge in [-0.3, -0.25) is 0 Å². The molecule has 0 aliphatic rings. The smallest absolute Gasteiger partial charge is 0.204 e. The van der Waals surface area contributed by atoms with Crippen molar-refractivity contribution < 1.29 is 44.6 Å². The Labute approximate surface area is 129 Å². The first kappa shape index (κ1) is 17.8. The van der Waals surface area contributed by atoms with Crippen molar-refractivity contribution in [3.05, 3.63) is 46.5 Å². The van der Waals surface area contributed by atoms with Crippen molar-refractivity contribution in [2.45, 2.75) is 0 Å². The summed E-state index contributed by atoms with van der Waals surface area (Å²) in [6, 6.07) is 0. The monoisotopic (exact) mass is 358 g/mol. The van der Waals surface area contributed by atoms with E-state index in [1.165, 1.54) is 0 Å². The molecule has 2 aromatic carbocycles. The van der Waals surface area contributed by atoms with E-state index >= 15 is 0 Å². The average Bonchev–Trinajstić information content (AvgIpc) is 2.55. The van der Waals surface area contributed by atoms with Gasteiger partial charge in [0, 0.05) is 0 Å². The van der Waals surface area contributed by atoms with Gasteiger partial charge < -0.3 is 9.47 Å². The maximum Gasteiger partial charge on any atom is 0.204 e. The molecule has 0 N–H and O–H groups in total. The van der Waals surface area contributed by atoms with Crippen LogP contribution in [0.4, 0.5) is 35.1 Å². The maximum absolute atomic E-state index is 13.9. The lowest BCUT2D eigenvalue weighted by Gasteiger charge is -2.14. The van der Waals surface area contributed by atoms with Gasteiger partial charge in [-0.15, -0.1) is 0 Å². The van der Waals surface area contributed by atoms with E-state index in [9.17, 15) is 35.1 Å². The molecule has 0 fully saturated rings. The Morgan fingerprint density at radius 1 is 0.417 bits per heavy atom. The molecule has 0 unspecified atom stereocenters. The molecule has 0 aromatic heterocycles. The zero-order chi connectivity index (χ0) is 18.3. The van der Waals surface area contributed by atoms with Crippen molar-refractivity contribution in [3.8, 4) is 22.6 Å². The number of benzene rings is 2. The third-order valence-corrected chi connectivity index (χ3v) is 3.10. The summed E-state index contributed by atoms with van der Waals surface area (Å²) in [4.78, 5) is 0. The summed E-state index contributed by atoms with van der Waals surface area (Å²) in [5, 5.41) is 0. The van der Waals surface area contributed by atoms with E-state index < -0.39 is 69.2 Å². The number of methoxy groups -OCH3 is 2. The summed E-state index contributed by atoms with van der Waals surface area (Å²) >= 11 is 0. The fourth-order valence-electron chi connectivity index (χ4n) is 2.02. The molecule has 0 heterocycles. The fraction of sp³-hybridized carbons (Fsp3) is 0.143. The van der Waals surface area contributed by atoms with Gasteiger partial charge in [-0.2, -0.15) is 17.6 Å². The van der Waals surface area contributed by atoms with E-state index in [1.807, 2.05) is 0 Å². The molecule has 2 rings (SSSR count). The molecule has 130 valence electrons. The van der Waals surface area contributed by atoms with Crippen LogP contribution in [0.25, 0.3) is 11.1 Å². The SMILES string of the molecule is COc1c(F)c(F)c(-c2c(F)c(F)c(OC)c(F)c2F)c(F)c1F. The Morgan fingerprint density at radius 2 is 0.625 bits per heavy atom. The van der Waals surface area contributed by atoms with Gasteiger partial charge in [-0.05, 0) is 0 Å². The van der Waals surface area contributed by atoms with Gasteiger partial charge in [0.25, 0.3) is 0 Å². The maximum atomic E-state index is 13.9. The van der Waals surface area contributed by atoms with Crippen LogP contribution >= 0.6 is 0 Å². The Balaban J connectivity index is 2.99. The summed E-state index contributed by atoms with van der Waals surface area (Å²) in [7, 11) is 1.35. The molecular formula is C14H6F8O2. The van der Waals surface area contributed by atoms with E-state index in [0.29, 0.717) is 14.2 Å². The summed E-state index contributed by atoms with van der Waals surface area (Å²) in [6.45, 7) is 0. The lowest BCUT2D eigenvalue weighted by atomic mass is 10.0. The highest BCUT2D eigenvalue weighted by atomic mass is 19.2. The third-order valence-electron chi connectivity index (χ3n) is 3.10. The summed E-state index contributed by atoms with van der Waals surface area (Å²) in [5.41, 5.74) is -3.94. The van der Waals surface area contributed by atoms with Gasteiger partial charge in [-0.25, -0.2) is 17.6 Å². The Hall–Kier alpha value is -2.52. The van der Waals surface area contributed by atoms with Crippen molar-refractivity contribution in [1.29, 1.82) is 0 Å². The molecule has 0 aliphatic carbocycles. The molecule has 0 amide bonds. The quantitative estimate of drug-likeness (QED) is 0.595. The van der Waals surface area contributed by atoms with Crippen LogP contribution in [0.1, 0.15) is 0 Å². The number of hydrogen-bond donors (Lipinski definition) is 0. The van der Waals surface area contributed by atoms with Crippen LogP contribution in [-0.4, -0.2) is 14.2 Å². The van der Waals surface area contributed by atoms with Gasteiger partial charge in [0.2, 0.25) is 23.3 Å². The van der Waals surface area contributed by atoms with E-state index in [1.54, 1.807) is 0 Å². The zero-order valence-corrected chi connectivity index (χ0v) is 11.8. The number of hydrogen-bond acceptors (Lipinski definition) is 2. The largest absolute Gasteiger partial charge is 0.491 e. The minimum Gasteiger partial charge on any atom is -0.491 e. The Morgan fingerprint density at radius 3 is 0.792 bits per heavy atom. The van der Waals surface area contributed by atoms with E-state index in [4.69, 9.17) is 0 Å². The summed E-state index contributed by atoms with van der Waals surface area (Å²) in [5.74, 6) is -20.8. The van der Waals surface area contributed by atoms with Gasteiger partial charge in [0.15, 0.2) is 34.8 Å². The lowest BCUT2D eigenvalue weighted by Crippen LogP contribution is -2.09. The van der Waals surface area contributed by atoms with Crippen LogP contribution in [0, 0.1) is 46.5 Å². The molecule has 0 bridgehead atoms. The average molecular weight is 358 g/mol. The van der Waals surface area contributed by atoms with Crippen molar-refractivity contribution in [2.24, 2.45) is 0 Å². The highest BCUT2D eigenvalue weighted by Gasteiger charge is 2.34. The second-order valence-electron chi connectivity index (χ2n) is 4.33. The number of rotatable bonds is 3. The summed E-state index contributed by atoms with van der Waals surface area (Å²) in [6.07, 6.45) is 0. The van der Waals surface area contributed by atoms with Crippen LogP contribution in [0.5, 0.6) is 11.5 Å². The van der Waals surface area contributed by atoms with Gasteiger partial charge in [-0.1, -0.05) is 0 Å². The zero-order valence-electron chi connectivity index (χ0n) is 11.8.